The maximum Gasteiger partial charge on any atom is 0.410 e. The molecular formula is C33H36N6O6. The predicted octanol–water partition coefficient (Wildman–Crippen LogP) is 3.36. The lowest BCUT2D eigenvalue weighted by molar-refractivity contribution is -0.126. The first-order valence-electron chi connectivity index (χ1n) is 14.7. The minimum absolute atomic E-state index is 0.0315. The quantitative estimate of drug-likeness (QED) is 0.307. The molecule has 1 atom stereocenters. The van der Waals surface area contributed by atoms with Gasteiger partial charge in [-0.1, -0.05) is 30.3 Å². The number of phenols is 1. The molecule has 3 N–H and O–H groups in total. The van der Waals surface area contributed by atoms with Crippen molar-refractivity contribution in [2.45, 2.75) is 51.7 Å². The number of urea groups is 1. The molecule has 4 amide bonds. The Morgan fingerprint density at radius 3 is 2.58 bits per heavy atom. The first-order valence-corrected chi connectivity index (χ1v) is 14.7. The predicted molar refractivity (Wildman–Crippen MR) is 169 cm³/mol. The number of para-hydroxylation sites is 1. The van der Waals surface area contributed by atoms with Crippen molar-refractivity contribution in [1.29, 1.82) is 0 Å². The molecule has 2 heterocycles. The van der Waals surface area contributed by atoms with Crippen LogP contribution in [-0.4, -0.2) is 101 Å². The largest absolute Gasteiger partial charge is 0.507 e. The van der Waals surface area contributed by atoms with Crippen LogP contribution >= 0.6 is 0 Å². The third-order valence-corrected chi connectivity index (χ3v) is 7.56. The number of nitrogens with one attached hydrogen (secondary N) is 1. The minimum atomic E-state index is -1.26. The summed E-state index contributed by atoms with van der Waals surface area (Å²) in [7, 11) is 0. The molecule has 0 aromatic heterocycles. The zero-order valence-corrected chi connectivity index (χ0v) is 25.3. The number of carbonyl (C=O) groups excluding carboxylic acids is 3. The Balaban J connectivity index is 1.42. The summed E-state index contributed by atoms with van der Waals surface area (Å²) < 4.78 is 5.69. The second-order valence-corrected chi connectivity index (χ2v) is 10.7. The normalized spacial score (nSPS) is 15.0. The van der Waals surface area contributed by atoms with E-state index < -0.39 is 18.1 Å². The van der Waals surface area contributed by atoms with Gasteiger partial charge in [0.1, 0.15) is 5.75 Å². The van der Waals surface area contributed by atoms with Gasteiger partial charge in [-0.15, -0.1) is 0 Å². The van der Waals surface area contributed by atoms with Crippen LogP contribution in [0, 0.1) is 13.8 Å². The number of fused-ring (bicyclic) bond motifs is 1. The van der Waals surface area contributed by atoms with Crippen molar-refractivity contribution in [2.75, 3.05) is 38.1 Å². The molecule has 2 aromatic rings. The Hall–Kier alpha value is -5.20. The van der Waals surface area contributed by atoms with Gasteiger partial charge in [0.2, 0.25) is 0 Å². The van der Waals surface area contributed by atoms with Crippen LogP contribution in [0.15, 0.2) is 63.3 Å². The molecule has 2 aliphatic heterocycles. The number of piperidine rings is 1. The summed E-state index contributed by atoms with van der Waals surface area (Å²) in [5.74, 6) is 6.46. The molecule has 0 bridgehead atoms. The van der Waals surface area contributed by atoms with E-state index in [9.17, 15) is 19.5 Å². The molecule has 12 nitrogen and oxygen atoms in total. The number of aryl methyl sites for hydroxylation is 2. The number of aliphatic imine (C=N–C) groups is 3. The highest BCUT2D eigenvalue weighted by Gasteiger charge is 2.33. The average Bonchev–Trinajstić information content (AvgIpc) is 3.20. The molecule has 0 spiro atoms. The molecule has 4 rings (SSSR count). The molecule has 12 heteroatoms. The number of carbonyl (C=O) groups is 3. The Bertz CT molecular complexity index is 1600. The fraction of sp³-hybridized carbons (Fsp3) is 0.394. The van der Waals surface area contributed by atoms with E-state index in [4.69, 9.17) is 9.84 Å². The number of aromatic hydroxyl groups is 1. The molecule has 2 aromatic carbocycles. The molecule has 0 saturated carbocycles. The lowest BCUT2D eigenvalue weighted by atomic mass is 10.0. The van der Waals surface area contributed by atoms with Crippen molar-refractivity contribution in [3.63, 3.8) is 0 Å². The molecular weight excluding hydrogens is 576 g/mol. The summed E-state index contributed by atoms with van der Waals surface area (Å²) in [4.78, 5) is 53.8. The fourth-order valence-electron chi connectivity index (χ4n) is 5.28. The van der Waals surface area contributed by atoms with E-state index in [1.54, 1.807) is 26.0 Å². The van der Waals surface area contributed by atoms with Crippen molar-refractivity contribution < 1.29 is 29.3 Å². The molecule has 0 unspecified atom stereocenters. The Morgan fingerprint density at radius 2 is 1.84 bits per heavy atom. The van der Waals surface area contributed by atoms with Crippen molar-refractivity contribution in [3.05, 3.63) is 70.6 Å². The van der Waals surface area contributed by atoms with Crippen LogP contribution in [0.3, 0.4) is 0 Å². The Kier molecular flexibility index (Phi) is 11.7. The van der Waals surface area contributed by atoms with Crippen LogP contribution in [0.25, 0.3) is 0 Å². The number of nitrogens with zero attached hydrogens (tertiary/aromatic N) is 5. The molecule has 1 saturated heterocycles. The SMILES string of the molecule is Cc1cc(C[C@@H](OC(=O)N2CCC(N3CCc4ccccc4NC3=O)CC2)C(=O)N=C=C=NC=C=C=NCCO)cc(C)c1O. The lowest BCUT2D eigenvalue weighted by Gasteiger charge is -2.37. The van der Waals surface area contributed by atoms with Crippen LogP contribution in [0.4, 0.5) is 15.3 Å². The fourth-order valence-corrected chi connectivity index (χ4v) is 5.28. The smallest absolute Gasteiger partial charge is 0.410 e. The minimum Gasteiger partial charge on any atom is -0.507 e. The second-order valence-electron chi connectivity index (χ2n) is 10.7. The number of hydrogen-bond acceptors (Lipinski definition) is 8. The molecule has 1 fully saturated rings. The standard InChI is InChI=1S/C33H36N6O6/c1-23-20-25(21-24(2)30(23)41)22-29(31(42)36-14-13-34-11-5-12-35-15-19-40)45-33(44)38-16-9-27(10-17-38)39-18-8-26-6-3-4-7-28(26)37-32(39)43/h3-4,6-7,11,20-21,27,29,40-41H,8-10,15-19,22H2,1-2H3,(H,37,43)/t29-/m1/s1. The first-order chi connectivity index (χ1) is 21.8. The number of benzene rings is 2. The highest BCUT2D eigenvalue weighted by molar-refractivity contribution is 5.97. The summed E-state index contributed by atoms with van der Waals surface area (Å²) in [5.41, 5.74) is 6.35. The number of aliphatic hydroxyl groups excluding tert-OH is 1. The van der Waals surface area contributed by atoms with Crippen LogP contribution in [0.1, 0.15) is 35.1 Å². The topological polar surface area (TPSA) is 156 Å². The monoisotopic (exact) mass is 612 g/mol. The van der Waals surface area contributed by atoms with Gasteiger partial charge in [-0.25, -0.2) is 14.6 Å². The van der Waals surface area contributed by atoms with E-state index in [2.05, 4.69) is 43.6 Å². The van der Waals surface area contributed by atoms with Gasteiger partial charge in [0.25, 0.3) is 5.91 Å². The van der Waals surface area contributed by atoms with Gasteiger partial charge >= 0.3 is 12.1 Å². The molecule has 2 aliphatic rings. The van der Waals surface area contributed by atoms with Gasteiger partial charge in [0.15, 0.2) is 6.10 Å². The maximum absolute atomic E-state index is 13.2. The summed E-state index contributed by atoms with van der Waals surface area (Å²) in [6, 6.07) is 11.0. The van der Waals surface area contributed by atoms with E-state index >= 15 is 0 Å². The van der Waals surface area contributed by atoms with Gasteiger partial charge in [0, 0.05) is 43.7 Å². The number of ether oxygens (including phenoxy) is 1. The molecule has 0 aliphatic carbocycles. The second kappa shape index (κ2) is 16.0. The number of hydrogen-bond donors (Lipinski definition) is 3. The van der Waals surface area contributed by atoms with Gasteiger partial charge in [0.05, 0.1) is 31.1 Å². The zero-order valence-electron chi connectivity index (χ0n) is 25.3. The van der Waals surface area contributed by atoms with Crippen molar-refractivity contribution in [3.8, 4) is 5.75 Å². The first kappa shape index (κ1) is 32.7. The van der Waals surface area contributed by atoms with Gasteiger partial charge in [-0.05, 0) is 67.2 Å². The summed E-state index contributed by atoms with van der Waals surface area (Å²) in [6.45, 7) is 4.88. The van der Waals surface area contributed by atoms with E-state index in [-0.39, 0.29) is 37.4 Å². The van der Waals surface area contributed by atoms with Crippen LogP contribution in [0.2, 0.25) is 0 Å². The van der Waals surface area contributed by atoms with Gasteiger partial charge in [-0.2, -0.15) is 9.98 Å². The Labute approximate surface area is 261 Å². The van der Waals surface area contributed by atoms with Crippen molar-refractivity contribution >= 4 is 41.3 Å². The number of rotatable bonds is 8. The van der Waals surface area contributed by atoms with Crippen molar-refractivity contribution in [2.24, 2.45) is 15.0 Å². The van der Waals surface area contributed by atoms with E-state index in [1.165, 1.54) is 11.1 Å². The molecule has 45 heavy (non-hydrogen) atoms. The molecule has 0 radical (unpaired) electrons. The van der Waals surface area contributed by atoms with Crippen LogP contribution in [-0.2, 0) is 22.4 Å². The van der Waals surface area contributed by atoms with Crippen molar-refractivity contribution in [1.82, 2.24) is 9.80 Å². The van der Waals surface area contributed by atoms with Gasteiger partial charge in [-0.3, -0.25) is 4.79 Å². The van der Waals surface area contributed by atoms with E-state index in [0.717, 1.165) is 17.7 Å². The summed E-state index contributed by atoms with van der Waals surface area (Å²) in [5, 5.41) is 21.8. The van der Waals surface area contributed by atoms with E-state index in [0.29, 0.717) is 49.2 Å². The van der Waals surface area contributed by atoms with Gasteiger partial charge < -0.3 is 30.1 Å². The third kappa shape index (κ3) is 9.15. The number of likely N-dealkylation sites (tertiary alicyclic amines) is 1. The van der Waals surface area contributed by atoms with Crippen LogP contribution in [0.5, 0.6) is 5.75 Å². The lowest BCUT2D eigenvalue weighted by Crippen LogP contribution is -2.50. The maximum atomic E-state index is 13.2. The number of aliphatic hydroxyl groups is 1. The van der Waals surface area contributed by atoms with Crippen LogP contribution < -0.4 is 5.32 Å². The summed E-state index contributed by atoms with van der Waals surface area (Å²) in [6.07, 6.45) is 1.17. The average molecular weight is 613 g/mol. The number of anilines is 1. The highest BCUT2D eigenvalue weighted by atomic mass is 16.6. The third-order valence-electron chi connectivity index (χ3n) is 7.56. The van der Waals surface area contributed by atoms with E-state index in [1.807, 2.05) is 29.2 Å². The highest BCUT2D eigenvalue weighted by Crippen LogP contribution is 2.26. The Morgan fingerprint density at radius 1 is 1.11 bits per heavy atom. The number of amides is 4. The summed E-state index contributed by atoms with van der Waals surface area (Å²) >= 11 is 0. The number of phenolic OH excluding ortho intramolecular Hbond substituents is 1. The zero-order chi connectivity index (χ0) is 32.2. The molecule has 234 valence electrons.